The van der Waals surface area contributed by atoms with Crippen LogP contribution in [0.5, 0.6) is 5.88 Å². The second-order valence-electron chi connectivity index (χ2n) is 6.94. The van der Waals surface area contributed by atoms with E-state index in [-0.39, 0.29) is 5.82 Å². The Labute approximate surface area is 158 Å². The molecule has 0 amide bonds. The van der Waals surface area contributed by atoms with Gasteiger partial charge in [0.15, 0.2) is 5.84 Å². The maximum atomic E-state index is 13.1. The minimum absolute atomic E-state index is 0.238. The number of nitrogens with zero attached hydrogens (tertiary/aromatic N) is 4. The maximum Gasteiger partial charge on any atom is 0.224 e. The molecule has 0 spiro atoms. The molecule has 27 heavy (non-hydrogen) atoms. The van der Waals surface area contributed by atoms with Gasteiger partial charge in [-0.1, -0.05) is 19.0 Å². The summed E-state index contributed by atoms with van der Waals surface area (Å²) in [5, 5.41) is 13.2. The van der Waals surface area contributed by atoms with E-state index in [0.717, 1.165) is 18.8 Å². The first-order valence-corrected chi connectivity index (χ1v) is 9.14. The number of amidine groups is 1. The SMILES string of the molecule is CC(C)COc1ncccc1/C(=N/O)N1CCN(c2ccc(F)cc2)CC1. The van der Waals surface area contributed by atoms with E-state index >= 15 is 0 Å². The Morgan fingerprint density at radius 1 is 1.19 bits per heavy atom. The van der Waals surface area contributed by atoms with E-state index in [9.17, 15) is 9.60 Å². The molecule has 0 bridgehead atoms. The summed E-state index contributed by atoms with van der Waals surface area (Å²) >= 11 is 0. The lowest BCUT2D eigenvalue weighted by molar-refractivity contribution is 0.258. The van der Waals surface area contributed by atoms with Gasteiger partial charge in [-0.25, -0.2) is 9.37 Å². The van der Waals surface area contributed by atoms with Crippen molar-refractivity contribution in [1.29, 1.82) is 0 Å². The van der Waals surface area contributed by atoms with Crippen LogP contribution in [0, 0.1) is 11.7 Å². The first kappa shape index (κ1) is 18.9. The van der Waals surface area contributed by atoms with Crippen molar-refractivity contribution < 1.29 is 14.3 Å². The summed E-state index contributed by atoms with van der Waals surface area (Å²) in [6.07, 6.45) is 1.67. The number of benzene rings is 1. The molecule has 1 aliphatic heterocycles. The third kappa shape index (κ3) is 4.67. The Morgan fingerprint density at radius 2 is 1.89 bits per heavy atom. The summed E-state index contributed by atoms with van der Waals surface area (Å²) in [6.45, 7) is 7.52. The Hall–Kier alpha value is -2.83. The van der Waals surface area contributed by atoms with Crippen LogP contribution in [0.15, 0.2) is 47.8 Å². The molecule has 1 aliphatic rings. The van der Waals surface area contributed by atoms with E-state index in [0.29, 0.717) is 42.9 Å². The third-order valence-corrected chi connectivity index (χ3v) is 4.43. The molecule has 0 atom stereocenters. The van der Waals surface area contributed by atoms with Crippen LogP contribution in [0.3, 0.4) is 0 Å². The highest BCUT2D eigenvalue weighted by atomic mass is 19.1. The van der Waals surface area contributed by atoms with E-state index in [1.807, 2.05) is 11.0 Å². The van der Waals surface area contributed by atoms with Crippen molar-refractivity contribution in [2.24, 2.45) is 11.1 Å². The smallest absolute Gasteiger partial charge is 0.224 e. The van der Waals surface area contributed by atoms with Crippen LogP contribution in [0.1, 0.15) is 19.4 Å². The Bertz CT molecular complexity index is 772. The van der Waals surface area contributed by atoms with Gasteiger partial charge in [0.1, 0.15) is 5.82 Å². The molecule has 6 nitrogen and oxygen atoms in total. The minimum Gasteiger partial charge on any atom is -0.477 e. The predicted molar refractivity (Wildman–Crippen MR) is 103 cm³/mol. The third-order valence-electron chi connectivity index (χ3n) is 4.43. The molecule has 1 N–H and O–H groups in total. The summed E-state index contributed by atoms with van der Waals surface area (Å²) in [5.74, 6) is 1.06. The van der Waals surface area contributed by atoms with Gasteiger partial charge in [0.25, 0.3) is 0 Å². The standard InChI is InChI=1S/C20H25FN4O2/c1-15(2)14-27-20-18(4-3-9-22-20)19(23-26)25-12-10-24(11-13-25)17-7-5-16(21)6-8-17/h3-9,15,26H,10-14H2,1-2H3/b23-19-. The first-order chi connectivity index (χ1) is 13.1. The van der Waals surface area contributed by atoms with Gasteiger partial charge in [-0.2, -0.15) is 0 Å². The largest absolute Gasteiger partial charge is 0.477 e. The summed E-state index contributed by atoms with van der Waals surface area (Å²) in [7, 11) is 0. The predicted octanol–water partition coefficient (Wildman–Crippen LogP) is 3.21. The monoisotopic (exact) mass is 372 g/mol. The van der Waals surface area contributed by atoms with Gasteiger partial charge in [0.2, 0.25) is 5.88 Å². The van der Waals surface area contributed by atoms with Gasteiger partial charge in [-0.05, 0) is 42.3 Å². The van der Waals surface area contributed by atoms with Crippen LogP contribution >= 0.6 is 0 Å². The van der Waals surface area contributed by atoms with Gasteiger partial charge in [-0.15, -0.1) is 0 Å². The van der Waals surface area contributed by atoms with Gasteiger partial charge >= 0.3 is 0 Å². The number of ether oxygens (including phenoxy) is 1. The molecule has 3 rings (SSSR count). The lowest BCUT2D eigenvalue weighted by Gasteiger charge is -2.37. The number of oxime groups is 1. The summed E-state index contributed by atoms with van der Waals surface area (Å²) in [5.41, 5.74) is 1.66. The van der Waals surface area contributed by atoms with E-state index in [2.05, 4.69) is 28.9 Å². The lowest BCUT2D eigenvalue weighted by atomic mass is 10.2. The van der Waals surface area contributed by atoms with E-state index in [1.165, 1.54) is 12.1 Å². The van der Waals surface area contributed by atoms with Crippen molar-refractivity contribution in [3.63, 3.8) is 0 Å². The fourth-order valence-electron chi connectivity index (χ4n) is 3.04. The second-order valence-corrected chi connectivity index (χ2v) is 6.94. The zero-order chi connectivity index (χ0) is 19.2. The van der Waals surface area contributed by atoms with Crippen molar-refractivity contribution in [1.82, 2.24) is 9.88 Å². The average molecular weight is 372 g/mol. The van der Waals surface area contributed by atoms with Gasteiger partial charge in [0, 0.05) is 38.1 Å². The van der Waals surface area contributed by atoms with Gasteiger partial charge < -0.3 is 19.7 Å². The average Bonchev–Trinajstić information content (AvgIpc) is 2.69. The lowest BCUT2D eigenvalue weighted by Crippen LogP contribution is -2.49. The van der Waals surface area contributed by atoms with Crippen molar-refractivity contribution in [2.75, 3.05) is 37.7 Å². The van der Waals surface area contributed by atoms with E-state index in [1.54, 1.807) is 24.4 Å². The quantitative estimate of drug-likeness (QED) is 0.378. The number of halogens is 1. The molecule has 1 aromatic heterocycles. The molecule has 1 fully saturated rings. The number of pyridine rings is 1. The first-order valence-electron chi connectivity index (χ1n) is 9.14. The highest BCUT2D eigenvalue weighted by Crippen LogP contribution is 2.21. The van der Waals surface area contributed by atoms with Gasteiger partial charge in [-0.3, -0.25) is 0 Å². The Morgan fingerprint density at radius 3 is 2.52 bits per heavy atom. The van der Waals surface area contributed by atoms with Crippen LogP contribution < -0.4 is 9.64 Å². The van der Waals surface area contributed by atoms with Crippen molar-refractivity contribution >= 4 is 11.5 Å². The molecule has 0 aliphatic carbocycles. The summed E-state index contributed by atoms with van der Waals surface area (Å²) < 4.78 is 18.9. The normalized spacial score (nSPS) is 15.3. The van der Waals surface area contributed by atoms with Crippen LogP contribution in [0.2, 0.25) is 0 Å². The summed E-state index contributed by atoms with van der Waals surface area (Å²) in [4.78, 5) is 8.50. The number of rotatable bonds is 5. The maximum absolute atomic E-state index is 13.1. The molecule has 0 radical (unpaired) electrons. The molecule has 0 saturated carbocycles. The topological polar surface area (TPSA) is 61.2 Å². The number of aromatic nitrogens is 1. The highest BCUT2D eigenvalue weighted by molar-refractivity contribution is 6.00. The zero-order valence-electron chi connectivity index (χ0n) is 15.7. The van der Waals surface area contributed by atoms with Crippen LogP contribution in [0.4, 0.5) is 10.1 Å². The molecule has 2 heterocycles. The van der Waals surface area contributed by atoms with Gasteiger partial charge in [0.05, 0.1) is 12.2 Å². The minimum atomic E-state index is -0.238. The second kappa shape index (κ2) is 8.70. The fraction of sp³-hybridized carbons (Fsp3) is 0.400. The molecular weight excluding hydrogens is 347 g/mol. The van der Waals surface area contributed by atoms with E-state index < -0.39 is 0 Å². The van der Waals surface area contributed by atoms with Crippen molar-refractivity contribution in [3.05, 3.63) is 54.0 Å². The number of piperazine rings is 1. The molecule has 1 aromatic carbocycles. The Balaban J connectivity index is 1.70. The zero-order valence-corrected chi connectivity index (χ0v) is 15.7. The van der Waals surface area contributed by atoms with Crippen LogP contribution in [-0.4, -0.2) is 53.7 Å². The molecule has 0 unspecified atom stereocenters. The number of hydrogen-bond acceptors (Lipinski definition) is 5. The molecule has 144 valence electrons. The van der Waals surface area contributed by atoms with E-state index in [4.69, 9.17) is 4.74 Å². The van der Waals surface area contributed by atoms with Crippen molar-refractivity contribution in [2.45, 2.75) is 13.8 Å². The van der Waals surface area contributed by atoms with Crippen LogP contribution in [0.25, 0.3) is 0 Å². The van der Waals surface area contributed by atoms with Crippen molar-refractivity contribution in [3.8, 4) is 5.88 Å². The molecule has 2 aromatic rings. The number of hydrogen-bond donors (Lipinski definition) is 1. The molecular formula is C20H25FN4O2. The Kier molecular flexibility index (Phi) is 6.11. The molecule has 7 heteroatoms. The van der Waals surface area contributed by atoms with Crippen LogP contribution in [-0.2, 0) is 0 Å². The number of anilines is 1. The molecule has 1 saturated heterocycles. The summed E-state index contributed by atoms with van der Waals surface area (Å²) in [6, 6.07) is 10.2. The fourth-order valence-corrected chi connectivity index (χ4v) is 3.04. The highest BCUT2D eigenvalue weighted by Gasteiger charge is 2.24.